The van der Waals surface area contributed by atoms with Crippen LogP contribution >= 0.6 is 11.8 Å². The largest absolute Gasteiger partial charge is 0.370 e. The molecule has 1 saturated heterocycles. The molecule has 0 radical (unpaired) electrons. The Bertz CT molecular complexity index is 1220. The summed E-state index contributed by atoms with van der Waals surface area (Å²) in [4.78, 5) is 7.02. The number of hydrogen-bond acceptors (Lipinski definition) is 6. The molecule has 0 N–H and O–H groups in total. The maximum Gasteiger partial charge on any atom is 0.119 e. The van der Waals surface area contributed by atoms with E-state index in [2.05, 4.69) is 20.1 Å². The second kappa shape index (κ2) is 13.7. The lowest BCUT2D eigenvalue weighted by Crippen LogP contribution is -2.58. The number of aryl methyl sites for hydroxylation is 1. The number of nitrogens with zero attached hydrogens (tertiary/aromatic N) is 6. The Morgan fingerprint density at radius 3 is 1.97 bits per heavy atom. The van der Waals surface area contributed by atoms with E-state index in [1.165, 1.54) is 11.8 Å². The predicted octanol–water partition coefficient (Wildman–Crippen LogP) is 6.97. The number of hydrogen-bond donors (Lipinski definition) is 0. The van der Waals surface area contributed by atoms with E-state index >= 15 is 0 Å². The van der Waals surface area contributed by atoms with Crippen LogP contribution in [0.15, 0.2) is 100 Å². The summed E-state index contributed by atoms with van der Waals surface area (Å²) in [6.07, 6.45) is -1.89. The molecule has 5 atom stereocenters. The molecule has 0 spiro atoms. The van der Waals surface area contributed by atoms with Gasteiger partial charge in [-0.25, -0.2) is 0 Å². The molecule has 37 heavy (non-hydrogen) atoms. The Labute approximate surface area is 220 Å². The lowest BCUT2D eigenvalue weighted by molar-refractivity contribution is -0.195. The van der Waals surface area contributed by atoms with Gasteiger partial charge in [0.2, 0.25) is 0 Å². The fraction of sp³-hybridized carbons (Fsp3) is 0.333. The molecule has 3 aromatic carbocycles. The summed E-state index contributed by atoms with van der Waals surface area (Å²) < 4.78 is 19.2. The van der Waals surface area contributed by atoms with Crippen LogP contribution in [0.4, 0.5) is 0 Å². The summed E-state index contributed by atoms with van der Waals surface area (Å²) in [7, 11) is 0. The highest BCUT2D eigenvalue weighted by atomic mass is 32.2. The summed E-state index contributed by atoms with van der Waals surface area (Å²) >= 11 is 1.44. The molecular formula is C27H28N6O3S. The van der Waals surface area contributed by atoms with E-state index in [0.29, 0.717) is 13.2 Å². The average Bonchev–Trinajstić information content (AvgIpc) is 2.93. The molecule has 1 aliphatic rings. The first kappa shape index (κ1) is 26.6. The zero-order chi connectivity index (χ0) is 25.9. The maximum atomic E-state index is 9.47. The van der Waals surface area contributed by atoms with Crippen LogP contribution in [-0.4, -0.2) is 36.3 Å². The van der Waals surface area contributed by atoms with Gasteiger partial charge in [-0.1, -0.05) is 100 Å². The molecule has 3 aromatic rings. The van der Waals surface area contributed by atoms with Crippen molar-refractivity contribution < 1.29 is 14.2 Å². The first-order valence-corrected chi connectivity index (χ1v) is 12.8. The van der Waals surface area contributed by atoms with Crippen molar-refractivity contribution in [2.75, 3.05) is 6.54 Å². The average molecular weight is 517 g/mol. The molecule has 4 rings (SSSR count). The standard InChI is InChI=1S/C27H28N6O3S/c1-19-12-14-22(15-13-19)37-27-24(31-33-29)26(35-18-21-10-6-3-7-11-21)25(23(36-27)16-30-32-28)34-17-20-8-4-2-5-9-20/h2-15,23-27H,16-18H2,1H3/t23-,24+,25+,26+,27-/m0/s1. The molecule has 0 aromatic heterocycles. The first-order chi connectivity index (χ1) is 18.2. The predicted molar refractivity (Wildman–Crippen MR) is 143 cm³/mol. The molecule has 190 valence electrons. The van der Waals surface area contributed by atoms with Gasteiger partial charge >= 0.3 is 0 Å². The van der Waals surface area contributed by atoms with Gasteiger partial charge in [0.05, 0.1) is 32.0 Å². The monoisotopic (exact) mass is 516 g/mol. The molecule has 10 heteroatoms. The van der Waals surface area contributed by atoms with Gasteiger partial charge in [0.25, 0.3) is 0 Å². The van der Waals surface area contributed by atoms with Gasteiger partial charge in [0.15, 0.2) is 0 Å². The zero-order valence-corrected chi connectivity index (χ0v) is 21.2. The third-order valence-corrected chi connectivity index (χ3v) is 7.13. The lowest BCUT2D eigenvalue weighted by Gasteiger charge is -2.44. The second-order valence-corrected chi connectivity index (χ2v) is 9.78. The van der Waals surface area contributed by atoms with Gasteiger partial charge in [0.1, 0.15) is 17.6 Å². The van der Waals surface area contributed by atoms with E-state index in [4.69, 9.17) is 19.7 Å². The van der Waals surface area contributed by atoms with Gasteiger partial charge in [-0.15, -0.1) is 0 Å². The molecule has 0 amide bonds. The molecule has 0 aliphatic carbocycles. The van der Waals surface area contributed by atoms with E-state index < -0.39 is 29.8 Å². The van der Waals surface area contributed by atoms with Crippen molar-refractivity contribution in [1.82, 2.24) is 0 Å². The van der Waals surface area contributed by atoms with Gasteiger partial charge in [-0.2, -0.15) is 0 Å². The van der Waals surface area contributed by atoms with Gasteiger partial charge < -0.3 is 14.2 Å². The summed E-state index contributed by atoms with van der Waals surface area (Å²) in [6, 6.07) is 26.8. The highest BCUT2D eigenvalue weighted by Gasteiger charge is 2.47. The van der Waals surface area contributed by atoms with Crippen molar-refractivity contribution in [3.05, 3.63) is 123 Å². The summed E-state index contributed by atoms with van der Waals surface area (Å²) in [5, 5.41) is 7.90. The van der Waals surface area contributed by atoms with Crippen molar-refractivity contribution in [1.29, 1.82) is 0 Å². The van der Waals surface area contributed by atoms with Crippen molar-refractivity contribution in [2.24, 2.45) is 10.2 Å². The number of benzene rings is 3. The zero-order valence-electron chi connectivity index (χ0n) is 20.4. The topological polar surface area (TPSA) is 125 Å². The van der Waals surface area contributed by atoms with Gasteiger partial charge in [-0.05, 0) is 41.2 Å². The summed E-state index contributed by atoms with van der Waals surface area (Å²) in [6.45, 7) is 2.66. The SMILES string of the molecule is Cc1ccc(S[C@@H]2O[C@@H](CN=[N+]=[N-])[C@@H](OCc3ccccc3)[C@H](OCc3ccccc3)[C@H]2N=[N+]=[N-])cc1. The van der Waals surface area contributed by atoms with Crippen LogP contribution in [-0.2, 0) is 27.4 Å². The fourth-order valence-electron chi connectivity index (χ4n) is 4.11. The molecule has 1 heterocycles. The Morgan fingerprint density at radius 2 is 1.41 bits per heavy atom. The number of thioether (sulfide) groups is 1. The van der Waals surface area contributed by atoms with Crippen LogP contribution in [0.5, 0.6) is 0 Å². The minimum atomic E-state index is -0.692. The Balaban J connectivity index is 1.65. The third-order valence-electron chi connectivity index (χ3n) is 5.97. The second-order valence-electron chi connectivity index (χ2n) is 8.61. The fourth-order valence-corrected chi connectivity index (χ4v) is 5.22. The van der Waals surface area contributed by atoms with Crippen molar-refractivity contribution in [2.45, 2.75) is 54.8 Å². The molecule has 1 aliphatic heterocycles. The number of rotatable bonds is 11. The van der Waals surface area contributed by atoms with E-state index in [0.717, 1.165) is 21.6 Å². The highest BCUT2D eigenvalue weighted by Crippen LogP contribution is 2.38. The molecule has 0 saturated carbocycles. The van der Waals surface area contributed by atoms with E-state index in [1.54, 1.807) is 0 Å². The van der Waals surface area contributed by atoms with Crippen molar-refractivity contribution >= 4 is 11.8 Å². The molecule has 0 bridgehead atoms. The Hall–Kier alpha value is -3.49. The van der Waals surface area contributed by atoms with Crippen molar-refractivity contribution in [3.8, 4) is 0 Å². The van der Waals surface area contributed by atoms with E-state index in [9.17, 15) is 5.53 Å². The lowest BCUT2D eigenvalue weighted by atomic mass is 9.97. The van der Waals surface area contributed by atoms with Crippen LogP contribution in [0.1, 0.15) is 16.7 Å². The molecule has 0 unspecified atom stereocenters. The molecular weight excluding hydrogens is 488 g/mol. The smallest absolute Gasteiger partial charge is 0.119 e. The molecule has 9 nitrogen and oxygen atoms in total. The normalized spacial score (nSPS) is 23.0. The third kappa shape index (κ3) is 7.50. The van der Waals surface area contributed by atoms with E-state index in [-0.39, 0.29) is 6.54 Å². The Kier molecular flexibility index (Phi) is 9.85. The van der Waals surface area contributed by atoms with Gasteiger partial charge in [-0.3, -0.25) is 0 Å². The minimum absolute atomic E-state index is 0.0507. The number of azide groups is 2. The van der Waals surface area contributed by atoms with Crippen LogP contribution in [0, 0.1) is 6.92 Å². The number of ether oxygens (including phenoxy) is 3. The van der Waals surface area contributed by atoms with Crippen LogP contribution in [0.3, 0.4) is 0 Å². The first-order valence-electron chi connectivity index (χ1n) is 11.9. The quantitative estimate of drug-likeness (QED) is 0.155. The Morgan fingerprint density at radius 1 is 0.811 bits per heavy atom. The van der Waals surface area contributed by atoms with E-state index in [1.807, 2.05) is 91.9 Å². The van der Waals surface area contributed by atoms with Crippen LogP contribution in [0.2, 0.25) is 0 Å². The summed E-state index contributed by atoms with van der Waals surface area (Å²) in [5.41, 5.74) is 21.0. The van der Waals surface area contributed by atoms with Crippen LogP contribution < -0.4 is 0 Å². The maximum absolute atomic E-state index is 9.47. The molecule has 1 fully saturated rings. The highest BCUT2D eigenvalue weighted by molar-refractivity contribution is 7.99. The van der Waals surface area contributed by atoms with Crippen molar-refractivity contribution in [3.63, 3.8) is 0 Å². The van der Waals surface area contributed by atoms with Crippen LogP contribution in [0.25, 0.3) is 20.9 Å². The van der Waals surface area contributed by atoms with Gasteiger partial charge in [0, 0.05) is 14.7 Å². The summed E-state index contributed by atoms with van der Waals surface area (Å²) in [5.74, 6) is 0. The minimum Gasteiger partial charge on any atom is -0.370 e.